The maximum Gasteiger partial charge on any atom is 0.326 e. The van der Waals surface area contributed by atoms with E-state index in [0.29, 0.717) is 28.3 Å². The third kappa shape index (κ3) is 3.87. The first-order valence-electron chi connectivity index (χ1n) is 10.2. The van der Waals surface area contributed by atoms with E-state index >= 15 is 0 Å². The van der Waals surface area contributed by atoms with Crippen molar-refractivity contribution in [1.29, 1.82) is 0 Å². The average molecular weight is 444 g/mol. The Morgan fingerprint density at radius 2 is 1.70 bits per heavy atom. The number of nitrogens with one attached hydrogen (secondary N) is 1. The molecular weight excluding hydrogens is 426 g/mol. The number of urea groups is 1. The van der Waals surface area contributed by atoms with Crippen molar-refractivity contribution in [2.75, 3.05) is 4.90 Å². The highest BCUT2D eigenvalue weighted by Gasteiger charge is 2.36. The number of aromatic nitrogens is 2. The highest BCUT2D eigenvalue weighted by molar-refractivity contribution is 6.01. The molecule has 1 aliphatic rings. The first-order valence-corrected chi connectivity index (χ1v) is 10.2. The maximum atomic E-state index is 14.0. The van der Waals surface area contributed by atoms with Gasteiger partial charge in [0, 0.05) is 11.3 Å². The highest BCUT2D eigenvalue weighted by atomic mass is 19.1. The molecule has 1 atom stereocenters. The summed E-state index contributed by atoms with van der Waals surface area (Å²) in [5.74, 6) is -0.280. The Kier molecular flexibility index (Phi) is 5.18. The molecular formula is C25H18F2N4O2. The number of nitrogens with zero attached hydrogens (tertiary/aromatic N) is 3. The van der Waals surface area contributed by atoms with Crippen molar-refractivity contribution in [1.82, 2.24) is 15.5 Å². The van der Waals surface area contributed by atoms with Gasteiger partial charge in [-0.2, -0.15) is 4.98 Å². The van der Waals surface area contributed by atoms with Crippen molar-refractivity contribution >= 4 is 17.3 Å². The summed E-state index contributed by atoms with van der Waals surface area (Å²) in [5.41, 5.74) is 2.77. The summed E-state index contributed by atoms with van der Waals surface area (Å²) < 4.78 is 33.1. The number of allylic oxidation sites excluding steroid dienone is 1. The molecule has 0 fully saturated rings. The minimum absolute atomic E-state index is 0.188. The van der Waals surface area contributed by atoms with Crippen LogP contribution in [-0.2, 0) is 0 Å². The van der Waals surface area contributed by atoms with Crippen LogP contribution in [0.3, 0.4) is 0 Å². The Bertz CT molecular complexity index is 1350. The summed E-state index contributed by atoms with van der Waals surface area (Å²) in [6.45, 7) is 1.73. The zero-order chi connectivity index (χ0) is 22.9. The summed E-state index contributed by atoms with van der Waals surface area (Å²) in [6, 6.07) is 19.7. The molecule has 0 spiro atoms. The lowest BCUT2D eigenvalue weighted by Gasteiger charge is -2.35. The normalized spacial score (nSPS) is 16.2. The van der Waals surface area contributed by atoms with Crippen LogP contribution in [0.1, 0.15) is 24.4 Å². The zero-order valence-electron chi connectivity index (χ0n) is 17.5. The molecule has 0 saturated carbocycles. The Morgan fingerprint density at radius 1 is 0.939 bits per heavy atom. The van der Waals surface area contributed by atoms with E-state index in [1.807, 2.05) is 30.3 Å². The minimum atomic E-state index is -0.728. The van der Waals surface area contributed by atoms with Gasteiger partial charge < -0.3 is 9.84 Å². The Labute approximate surface area is 188 Å². The number of anilines is 1. The maximum absolute atomic E-state index is 14.0. The van der Waals surface area contributed by atoms with Gasteiger partial charge >= 0.3 is 6.03 Å². The largest absolute Gasteiger partial charge is 0.334 e. The fourth-order valence-corrected chi connectivity index (χ4v) is 3.89. The summed E-state index contributed by atoms with van der Waals surface area (Å²) >= 11 is 0. The van der Waals surface area contributed by atoms with Gasteiger partial charge in [-0.15, -0.1) is 0 Å². The second-order valence-electron chi connectivity index (χ2n) is 7.54. The Morgan fingerprint density at radius 3 is 2.42 bits per heavy atom. The second kappa shape index (κ2) is 8.31. The van der Waals surface area contributed by atoms with Crippen LogP contribution < -0.4 is 10.2 Å². The zero-order valence-corrected chi connectivity index (χ0v) is 17.5. The van der Waals surface area contributed by atoms with Crippen LogP contribution in [0.2, 0.25) is 0 Å². The molecule has 33 heavy (non-hydrogen) atoms. The molecule has 4 aromatic rings. The van der Waals surface area contributed by atoms with Gasteiger partial charge in [-0.1, -0.05) is 47.6 Å². The van der Waals surface area contributed by atoms with Crippen molar-refractivity contribution in [2.45, 2.75) is 13.0 Å². The summed E-state index contributed by atoms with van der Waals surface area (Å²) in [7, 11) is 0. The van der Waals surface area contributed by atoms with E-state index in [0.717, 1.165) is 5.56 Å². The lowest BCUT2D eigenvalue weighted by molar-refractivity contribution is 0.244. The summed E-state index contributed by atoms with van der Waals surface area (Å²) in [4.78, 5) is 19.0. The number of hydrogen-bond acceptors (Lipinski definition) is 4. The van der Waals surface area contributed by atoms with E-state index in [1.54, 1.807) is 19.1 Å². The summed E-state index contributed by atoms with van der Waals surface area (Å²) in [6.07, 6.45) is 0. The molecule has 3 aromatic carbocycles. The first kappa shape index (κ1) is 20.6. The smallest absolute Gasteiger partial charge is 0.326 e. The van der Waals surface area contributed by atoms with Crippen molar-refractivity contribution in [3.8, 4) is 11.4 Å². The van der Waals surface area contributed by atoms with Crippen LogP contribution in [0.15, 0.2) is 89.1 Å². The van der Waals surface area contributed by atoms with Gasteiger partial charge in [0.2, 0.25) is 5.82 Å². The molecule has 0 aliphatic carbocycles. The van der Waals surface area contributed by atoms with Gasteiger partial charge in [-0.3, -0.25) is 4.90 Å². The molecule has 0 bridgehead atoms. The third-order valence-electron chi connectivity index (χ3n) is 5.44. The monoisotopic (exact) mass is 444 g/mol. The van der Waals surface area contributed by atoms with Crippen molar-refractivity contribution in [2.24, 2.45) is 0 Å². The van der Waals surface area contributed by atoms with Gasteiger partial charge in [0.15, 0.2) is 0 Å². The van der Waals surface area contributed by atoms with Gasteiger partial charge in [0.25, 0.3) is 5.89 Å². The lowest BCUT2D eigenvalue weighted by Crippen LogP contribution is -2.46. The molecule has 1 unspecified atom stereocenters. The van der Waals surface area contributed by atoms with Crippen LogP contribution in [0.25, 0.3) is 17.0 Å². The third-order valence-corrected chi connectivity index (χ3v) is 5.44. The number of hydrogen-bond donors (Lipinski definition) is 1. The lowest BCUT2D eigenvalue weighted by atomic mass is 9.94. The van der Waals surface area contributed by atoms with Gasteiger partial charge in [-0.25, -0.2) is 13.6 Å². The second-order valence-corrected chi connectivity index (χ2v) is 7.54. The molecule has 1 aliphatic heterocycles. The van der Waals surface area contributed by atoms with Crippen LogP contribution in [0, 0.1) is 11.6 Å². The fourth-order valence-electron chi connectivity index (χ4n) is 3.89. The predicted molar refractivity (Wildman–Crippen MR) is 119 cm³/mol. The van der Waals surface area contributed by atoms with Gasteiger partial charge in [0.1, 0.15) is 11.6 Å². The van der Waals surface area contributed by atoms with E-state index < -0.39 is 23.7 Å². The van der Waals surface area contributed by atoms with E-state index in [4.69, 9.17) is 4.52 Å². The van der Waals surface area contributed by atoms with Crippen molar-refractivity contribution < 1.29 is 18.1 Å². The van der Waals surface area contributed by atoms with Gasteiger partial charge in [0.05, 0.1) is 17.3 Å². The van der Waals surface area contributed by atoms with Crippen LogP contribution in [-0.4, -0.2) is 16.2 Å². The minimum Gasteiger partial charge on any atom is -0.334 e. The molecule has 0 radical (unpaired) electrons. The number of rotatable bonds is 4. The number of amides is 2. The van der Waals surface area contributed by atoms with Crippen LogP contribution in [0.4, 0.5) is 19.3 Å². The van der Waals surface area contributed by atoms with Crippen LogP contribution >= 0.6 is 0 Å². The molecule has 2 amide bonds. The Balaban J connectivity index is 1.66. The molecule has 1 N–H and O–H groups in total. The quantitative estimate of drug-likeness (QED) is 0.437. The molecule has 2 heterocycles. The molecule has 1 aromatic heterocycles. The van der Waals surface area contributed by atoms with Crippen LogP contribution in [0.5, 0.6) is 0 Å². The molecule has 164 valence electrons. The van der Waals surface area contributed by atoms with E-state index in [2.05, 4.69) is 15.5 Å². The highest BCUT2D eigenvalue weighted by Crippen LogP contribution is 2.39. The predicted octanol–water partition coefficient (Wildman–Crippen LogP) is 5.72. The fraction of sp³-hybridized carbons (Fsp3) is 0.0800. The number of carbonyl (C=O) groups is 1. The molecule has 6 nitrogen and oxygen atoms in total. The summed E-state index contributed by atoms with van der Waals surface area (Å²) in [5, 5.41) is 6.99. The van der Waals surface area contributed by atoms with E-state index in [9.17, 15) is 13.6 Å². The molecule has 5 rings (SSSR count). The number of halogens is 2. The first-order chi connectivity index (χ1) is 16.0. The van der Waals surface area contributed by atoms with Crippen molar-refractivity contribution in [3.05, 3.63) is 108 Å². The number of carbonyl (C=O) groups excluding carboxylic acids is 1. The van der Waals surface area contributed by atoms with E-state index in [-0.39, 0.29) is 5.89 Å². The van der Waals surface area contributed by atoms with Gasteiger partial charge in [-0.05, 0) is 48.9 Å². The average Bonchev–Trinajstić information content (AvgIpc) is 3.30. The number of benzene rings is 3. The topological polar surface area (TPSA) is 71.3 Å². The van der Waals surface area contributed by atoms with Crippen molar-refractivity contribution in [3.63, 3.8) is 0 Å². The van der Waals surface area contributed by atoms with E-state index in [1.165, 1.54) is 41.3 Å². The molecule has 0 saturated heterocycles. The molecule has 8 heteroatoms. The SMILES string of the molecule is CC1=C(c2nc(-c3ccccc3)no2)C(c2cccc(F)c2)NC(=O)N1c1ccc(F)cc1. The Hall–Kier alpha value is -4.33. The standard InChI is InChI=1S/C25H18F2N4O2/c1-15-21(24-29-23(30-33-24)16-6-3-2-4-7-16)22(17-8-5-9-19(27)14-17)28-25(32)31(15)20-12-10-18(26)11-13-20/h2-14,22H,1H3,(H,28,32).